The van der Waals surface area contributed by atoms with Crippen molar-refractivity contribution in [3.8, 4) is 0 Å². The molecule has 0 aromatic rings. The van der Waals surface area contributed by atoms with Crippen molar-refractivity contribution in [1.29, 1.82) is 0 Å². The fourth-order valence-electron chi connectivity index (χ4n) is 0.742. The highest BCUT2D eigenvalue weighted by atomic mass is 31.1. The lowest BCUT2D eigenvalue weighted by atomic mass is 10.2. The highest BCUT2D eigenvalue weighted by molar-refractivity contribution is 7.37. The van der Waals surface area contributed by atoms with Crippen LogP contribution < -0.4 is 5.32 Å². The smallest absolute Gasteiger partial charge is 0.480 e. The average molecular weight is 208 g/mol. The van der Waals surface area contributed by atoms with Crippen LogP contribution in [0.2, 0.25) is 0 Å². The molecule has 0 aromatic carbocycles. The maximum absolute atomic E-state index is 10.5. The Labute approximate surface area is 75.8 Å². The highest BCUT2D eigenvalue weighted by Crippen LogP contribution is 2.15. The van der Waals surface area contributed by atoms with Crippen LogP contribution >= 0.6 is 8.03 Å². The number of aliphatic carboxylic acids is 1. The molecule has 74 valence electrons. The van der Waals surface area contributed by atoms with Crippen LogP contribution in [0.4, 0.5) is 0 Å². The number of rotatable bonds is 5. The van der Waals surface area contributed by atoms with E-state index in [9.17, 15) is 14.2 Å². The predicted molar refractivity (Wildman–Crippen MR) is 44.5 cm³/mol. The molecule has 0 aromatic heterocycles. The van der Waals surface area contributed by atoms with Crippen molar-refractivity contribution in [3.05, 3.63) is 0 Å². The second-order valence-corrected chi connectivity index (χ2v) is 3.61. The van der Waals surface area contributed by atoms with E-state index in [1.54, 1.807) is 0 Å². The molecule has 0 fully saturated rings. The molecule has 1 unspecified atom stereocenters. The van der Waals surface area contributed by atoms with E-state index in [1.807, 2.05) is 0 Å². The molecule has 3 N–H and O–H groups in total. The fraction of sp³-hybridized carbons (Fsp3) is 0.667. The van der Waals surface area contributed by atoms with Crippen LogP contribution in [0.5, 0.6) is 0 Å². The van der Waals surface area contributed by atoms with Crippen molar-refractivity contribution in [3.63, 3.8) is 0 Å². The zero-order valence-corrected chi connectivity index (χ0v) is 7.95. The Morgan fingerprint density at radius 3 is 2.38 bits per heavy atom. The number of carbonyl (C=O) groups is 2. The van der Waals surface area contributed by atoms with Gasteiger partial charge in [-0.15, -0.1) is 0 Å². The van der Waals surface area contributed by atoms with Gasteiger partial charge in [-0.3, -0.25) is 4.79 Å². The predicted octanol–water partition coefficient (Wildman–Crippen LogP) is -0.300. The molecule has 0 heterocycles. The molecule has 0 aliphatic rings. The summed E-state index contributed by atoms with van der Waals surface area (Å²) in [7, 11) is -2.35. The van der Waals surface area contributed by atoms with Crippen molar-refractivity contribution in [1.82, 2.24) is 5.32 Å². The summed E-state index contributed by atoms with van der Waals surface area (Å²) in [6, 6.07) is -1.08. The number of nitrogens with one attached hydrogen (secondary N) is 1. The average Bonchev–Trinajstić information content (AvgIpc) is 1.96. The van der Waals surface area contributed by atoms with Gasteiger partial charge in [0.1, 0.15) is 6.04 Å². The van der Waals surface area contributed by atoms with Crippen molar-refractivity contribution in [2.75, 3.05) is 6.16 Å². The van der Waals surface area contributed by atoms with E-state index in [4.69, 9.17) is 10.00 Å². The Morgan fingerprint density at radius 2 is 2.08 bits per heavy atom. The van der Waals surface area contributed by atoms with Crippen LogP contribution in [0.1, 0.15) is 13.3 Å². The molecule has 0 rings (SSSR count). The third-order valence-electron chi connectivity index (χ3n) is 1.28. The van der Waals surface area contributed by atoms with E-state index >= 15 is 0 Å². The Hall–Kier alpha value is -1.00. The first-order chi connectivity index (χ1) is 5.93. The van der Waals surface area contributed by atoms with Gasteiger partial charge in [-0.05, 0) is 4.57 Å². The first kappa shape index (κ1) is 12.0. The second-order valence-electron chi connectivity index (χ2n) is 2.46. The van der Waals surface area contributed by atoms with Gasteiger partial charge >= 0.3 is 14.0 Å². The van der Waals surface area contributed by atoms with Gasteiger partial charge in [0.25, 0.3) is 0 Å². The third kappa shape index (κ3) is 6.19. The van der Waals surface area contributed by atoms with Gasteiger partial charge in [-0.25, -0.2) is 4.79 Å². The Bertz CT molecular complexity index is 229. The highest BCUT2D eigenvalue weighted by Gasteiger charge is 2.22. The van der Waals surface area contributed by atoms with E-state index in [0.29, 0.717) is 0 Å². The van der Waals surface area contributed by atoms with Gasteiger partial charge in [-0.2, -0.15) is 4.89 Å². The Balaban J connectivity index is 4.02. The van der Waals surface area contributed by atoms with Gasteiger partial charge in [0.2, 0.25) is 5.91 Å². The Kier molecular flexibility index (Phi) is 5.18. The molecule has 2 atom stereocenters. The maximum atomic E-state index is 10.5. The standard InChI is InChI=1S/C6H10NO5P/c1-4(8)7-5(6(9)10)2-3-13(11)12/h5H,2-3H2,1H3,(H2-,7,8,9,10,11,12)/p+1/t5-/m0/s1. The molecule has 0 aliphatic heterocycles. The summed E-state index contributed by atoms with van der Waals surface area (Å²) in [5.41, 5.74) is 0. The van der Waals surface area contributed by atoms with Crippen LogP contribution in [0.15, 0.2) is 0 Å². The summed E-state index contributed by atoms with van der Waals surface area (Å²) >= 11 is 0. The molecule has 0 saturated heterocycles. The summed E-state index contributed by atoms with van der Waals surface area (Å²) in [4.78, 5) is 29.4. The van der Waals surface area contributed by atoms with Crippen LogP contribution in [-0.2, 0) is 14.2 Å². The number of carboxylic acid groups (broad SMARTS) is 1. The minimum Gasteiger partial charge on any atom is -0.480 e. The van der Waals surface area contributed by atoms with Crippen LogP contribution in [0, 0.1) is 0 Å². The summed E-state index contributed by atoms with van der Waals surface area (Å²) in [6.07, 6.45) is -0.173. The number of hydrogen-bond acceptors (Lipinski definition) is 3. The summed E-state index contributed by atoms with van der Waals surface area (Å²) < 4.78 is 10.3. The molecule has 6 nitrogen and oxygen atoms in total. The monoisotopic (exact) mass is 208 g/mol. The van der Waals surface area contributed by atoms with E-state index in [2.05, 4.69) is 5.32 Å². The summed E-state index contributed by atoms with van der Waals surface area (Å²) in [5, 5.41) is 10.7. The minimum absolute atomic E-state index is 0.0411. The molecular formula is C6H11NO5P+. The lowest BCUT2D eigenvalue weighted by molar-refractivity contribution is -0.141. The minimum atomic E-state index is -2.35. The van der Waals surface area contributed by atoms with Crippen LogP contribution in [-0.4, -0.2) is 34.1 Å². The van der Waals surface area contributed by atoms with Gasteiger partial charge < -0.3 is 10.4 Å². The van der Waals surface area contributed by atoms with Gasteiger partial charge in [0.15, 0.2) is 6.16 Å². The Morgan fingerprint density at radius 1 is 1.54 bits per heavy atom. The van der Waals surface area contributed by atoms with Gasteiger partial charge in [0, 0.05) is 13.3 Å². The lowest BCUT2D eigenvalue weighted by Crippen LogP contribution is -2.39. The molecule has 0 bridgehead atoms. The van der Waals surface area contributed by atoms with Crippen molar-refractivity contribution in [2.24, 2.45) is 0 Å². The van der Waals surface area contributed by atoms with E-state index in [0.717, 1.165) is 0 Å². The third-order valence-corrected chi connectivity index (χ3v) is 1.93. The van der Waals surface area contributed by atoms with Crippen molar-refractivity contribution < 1.29 is 24.2 Å². The van der Waals surface area contributed by atoms with Crippen molar-refractivity contribution >= 4 is 19.9 Å². The van der Waals surface area contributed by atoms with Gasteiger partial charge in [-0.1, -0.05) is 0 Å². The molecule has 1 amide bonds. The normalized spacial score (nSPS) is 13.2. The molecule has 0 saturated carbocycles. The molecule has 13 heavy (non-hydrogen) atoms. The fourth-order valence-corrected chi connectivity index (χ4v) is 1.22. The SMILES string of the molecule is CC(=O)N[C@@H](CC[P+](=O)O)C(=O)O. The van der Waals surface area contributed by atoms with Crippen molar-refractivity contribution in [2.45, 2.75) is 19.4 Å². The first-order valence-corrected chi connectivity index (χ1v) is 4.96. The maximum Gasteiger partial charge on any atom is 0.505 e. The molecular weight excluding hydrogens is 197 g/mol. The zero-order chi connectivity index (χ0) is 10.4. The summed E-state index contributed by atoms with van der Waals surface area (Å²) in [5.74, 6) is -1.67. The second kappa shape index (κ2) is 5.61. The van der Waals surface area contributed by atoms with E-state index in [1.165, 1.54) is 6.92 Å². The van der Waals surface area contributed by atoms with E-state index in [-0.39, 0.29) is 12.6 Å². The van der Waals surface area contributed by atoms with Crippen LogP contribution in [0.25, 0.3) is 0 Å². The van der Waals surface area contributed by atoms with Crippen LogP contribution in [0.3, 0.4) is 0 Å². The topological polar surface area (TPSA) is 104 Å². The number of carbonyl (C=O) groups excluding carboxylic acids is 1. The first-order valence-electron chi connectivity index (χ1n) is 3.57. The molecule has 0 spiro atoms. The molecule has 0 radical (unpaired) electrons. The zero-order valence-electron chi connectivity index (χ0n) is 7.06. The lowest BCUT2D eigenvalue weighted by Gasteiger charge is -2.09. The molecule has 0 aliphatic carbocycles. The summed E-state index contributed by atoms with van der Waals surface area (Å²) in [6.45, 7) is 1.19. The van der Waals surface area contributed by atoms with Gasteiger partial charge in [0.05, 0.1) is 0 Å². The molecule has 7 heteroatoms. The number of hydrogen-bond donors (Lipinski definition) is 3. The largest absolute Gasteiger partial charge is 0.505 e. The quantitative estimate of drug-likeness (QED) is 0.538. The number of carboxylic acids is 1. The van der Waals surface area contributed by atoms with E-state index < -0.39 is 25.9 Å². The number of amides is 1.